The Morgan fingerprint density at radius 3 is 2.82 bits per heavy atom. The molecular weight excluding hydrogens is 305 g/mol. The van der Waals surface area contributed by atoms with E-state index in [4.69, 9.17) is 16.3 Å². The number of carbonyl (C=O) groups is 1. The molecule has 1 heterocycles. The first-order chi connectivity index (χ1) is 8.16. The van der Waals surface area contributed by atoms with Crippen LogP contribution in [0.5, 0.6) is 0 Å². The Labute approximate surface area is 114 Å². The first-order valence-electron chi connectivity index (χ1n) is 5.69. The summed E-state index contributed by atoms with van der Waals surface area (Å²) < 4.78 is 6.15. The van der Waals surface area contributed by atoms with Gasteiger partial charge in [0.25, 0.3) is 0 Å². The molecule has 3 nitrogen and oxygen atoms in total. The highest BCUT2D eigenvalue weighted by molar-refractivity contribution is 9.10. The topological polar surface area (TPSA) is 39.2 Å². The number of aromatic nitrogens is 1. The summed E-state index contributed by atoms with van der Waals surface area (Å²) in [6, 6.07) is 1.64. The number of nitrogens with zero attached hydrogens (tertiary/aromatic N) is 1. The monoisotopic (exact) mass is 317 g/mol. The molecule has 0 aromatic carbocycles. The van der Waals surface area contributed by atoms with E-state index in [1.54, 1.807) is 12.3 Å². The van der Waals surface area contributed by atoms with Crippen LogP contribution < -0.4 is 0 Å². The molecule has 0 atom stereocenters. The van der Waals surface area contributed by atoms with Gasteiger partial charge in [0, 0.05) is 10.7 Å². The second-order valence-corrected chi connectivity index (χ2v) is 5.43. The van der Waals surface area contributed by atoms with E-state index in [1.807, 2.05) is 0 Å². The molecule has 1 aliphatic rings. The number of ether oxygens (including phenoxy) is 1. The lowest BCUT2D eigenvalue weighted by atomic mass is 9.98. The molecule has 2 rings (SSSR count). The lowest BCUT2D eigenvalue weighted by molar-refractivity contribution is 0.0211. The van der Waals surface area contributed by atoms with E-state index in [1.165, 1.54) is 6.42 Å². The molecule has 0 aliphatic heterocycles. The fourth-order valence-electron chi connectivity index (χ4n) is 1.96. The smallest absolute Gasteiger partial charge is 0.341 e. The molecule has 92 valence electrons. The normalized spacial score (nSPS) is 16.8. The van der Waals surface area contributed by atoms with Crippen molar-refractivity contribution < 1.29 is 9.53 Å². The summed E-state index contributed by atoms with van der Waals surface area (Å²) in [7, 11) is 0. The Hall–Kier alpha value is -0.610. The van der Waals surface area contributed by atoms with Crippen molar-refractivity contribution in [2.75, 3.05) is 0 Å². The van der Waals surface area contributed by atoms with Gasteiger partial charge in [-0.05, 0) is 47.7 Å². The Morgan fingerprint density at radius 1 is 1.41 bits per heavy atom. The lowest BCUT2D eigenvalue weighted by Gasteiger charge is -2.21. The number of carbonyl (C=O) groups excluding carboxylic acids is 1. The van der Waals surface area contributed by atoms with E-state index in [-0.39, 0.29) is 17.2 Å². The molecule has 1 aliphatic carbocycles. The second-order valence-electron chi connectivity index (χ2n) is 4.16. The van der Waals surface area contributed by atoms with Crippen LogP contribution in [0.1, 0.15) is 42.5 Å². The van der Waals surface area contributed by atoms with Crippen molar-refractivity contribution in [3.05, 3.63) is 27.5 Å². The zero-order chi connectivity index (χ0) is 12.3. The van der Waals surface area contributed by atoms with Crippen molar-refractivity contribution in [3.8, 4) is 0 Å². The first-order valence-corrected chi connectivity index (χ1v) is 6.86. The van der Waals surface area contributed by atoms with Gasteiger partial charge in [0.1, 0.15) is 11.3 Å². The van der Waals surface area contributed by atoms with Crippen LogP contribution in [0.25, 0.3) is 0 Å². The standard InChI is InChI=1S/C12H13BrClNO2/c13-8-6-10(11(14)15-7-8)12(16)17-9-4-2-1-3-5-9/h6-7,9H,1-5H2. The van der Waals surface area contributed by atoms with E-state index in [0.29, 0.717) is 5.56 Å². The SMILES string of the molecule is O=C(OC1CCCCC1)c1cc(Br)cnc1Cl. The van der Waals surface area contributed by atoms with Gasteiger partial charge in [-0.25, -0.2) is 9.78 Å². The largest absolute Gasteiger partial charge is 0.459 e. The molecule has 17 heavy (non-hydrogen) atoms. The minimum atomic E-state index is -0.379. The zero-order valence-corrected chi connectivity index (χ0v) is 11.6. The van der Waals surface area contributed by atoms with Crippen LogP contribution in [-0.4, -0.2) is 17.1 Å². The molecule has 0 N–H and O–H groups in total. The number of pyridine rings is 1. The number of halogens is 2. The van der Waals surface area contributed by atoms with Gasteiger partial charge in [0.15, 0.2) is 0 Å². The third-order valence-electron chi connectivity index (χ3n) is 2.85. The molecule has 0 bridgehead atoms. The molecule has 5 heteroatoms. The van der Waals surface area contributed by atoms with Gasteiger partial charge in [0.05, 0.1) is 5.56 Å². The predicted octanol–water partition coefficient (Wildman–Crippen LogP) is 3.99. The number of hydrogen-bond acceptors (Lipinski definition) is 3. The highest BCUT2D eigenvalue weighted by Gasteiger charge is 2.20. The van der Waals surface area contributed by atoms with Gasteiger partial charge in [-0.2, -0.15) is 0 Å². The van der Waals surface area contributed by atoms with Gasteiger partial charge in [-0.3, -0.25) is 0 Å². The van der Waals surface area contributed by atoms with E-state index < -0.39 is 0 Å². The van der Waals surface area contributed by atoms with Crippen LogP contribution in [-0.2, 0) is 4.74 Å². The van der Waals surface area contributed by atoms with E-state index in [2.05, 4.69) is 20.9 Å². The van der Waals surface area contributed by atoms with Crippen LogP contribution in [0.2, 0.25) is 5.15 Å². The Balaban J connectivity index is 2.05. The minimum absolute atomic E-state index is 0.0336. The minimum Gasteiger partial charge on any atom is -0.459 e. The molecule has 0 amide bonds. The molecule has 1 aromatic rings. The van der Waals surface area contributed by atoms with Crippen molar-refractivity contribution in [1.29, 1.82) is 0 Å². The summed E-state index contributed by atoms with van der Waals surface area (Å²) in [5.41, 5.74) is 0.326. The zero-order valence-electron chi connectivity index (χ0n) is 9.29. The Bertz CT molecular complexity index is 419. The third kappa shape index (κ3) is 3.42. The Kier molecular flexibility index (Phi) is 4.40. The van der Waals surface area contributed by atoms with E-state index >= 15 is 0 Å². The lowest BCUT2D eigenvalue weighted by Crippen LogP contribution is -2.21. The van der Waals surface area contributed by atoms with Gasteiger partial charge in [0.2, 0.25) is 0 Å². The van der Waals surface area contributed by atoms with Crippen LogP contribution in [0.4, 0.5) is 0 Å². The van der Waals surface area contributed by atoms with Crippen molar-refractivity contribution in [1.82, 2.24) is 4.98 Å². The third-order valence-corrected chi connectivity index (χ3v) is 3.59. The van der Waals surface area contributed by atoms with Crippen molar-refractivity contribution in [2.45, 2.75) is 38.2 Å². The van der Waals surface area contributed by atoms with E-state index in [9.17, 15) is 4.79 Å². The average Bonchev–Trinajstić information content (AvgIpc) is 2.33. The van der Waals surface area contributed by atoms with Crippen LogP contribution in [0, 0.1) is 0 Å². The van der Waals surface area contributed by atoms with Gasteiger partial charge >= 0.3 is 5.97 Å². The summed E-state index contributed by atoms with van der Waals surface area (Å²) >= 11 is 9.14. The maximum Gasteiger partial charge on any atom is 0.341 e. The van der Waals surface area contributed by atoms with Gasteiger partial charge < -0.3 is 4.74 Å². The summed E-state index contributed by atoms with van der Waals surface area (Å²) in [4.78, 5) is 15.8. The molecule has 1 fully saturated rings. The highest BCUT2D eigenvalue weighted by Crippen LogP contribution is 2.24. The Morgan fingerprint density at radius 2 is 2.12 bits per heavy atom. The van der Waals surface area contributed by atoms with Crippen molar-refractivity contribution >= 4 is 33.5 Å². The van der Waals surface area contributed by atoms with Crippen LogP contribution in [0.15, 0.2) is 16.7 Å². The average molecular weight is 319 g/mol. The fraction of sp³-hybridized carbons (Fsp3) is 0.500. The molecule has 0 spiro atoms. The van der Waals surface area contributed by atoms with Crippen LogP contribution >= 0.6 is 27.5 Å². The molecule has 0 unspecified atom stereocenters. The maximum atomic E-state index is 11.9. The van der Waals surface area contributed by atoms with Crippen LogP contribution in [0.3, 0.4) is 0 Å². The molecular formula is C12H13BrClNO2. The molecule has 0 saturated heterocycles. The second kappa shape index (κ2) is 5.83. The molecule has 1 saturated carbocycles. The summed E-state index contributed by atoms with van der Waals surface area (Å²) in [6.45, 7) is 0. The predicted molar refractivity (Wildman–Crippen MR) is 69.2 cm³/mol. The number of rotatable bonds is 2. The highest BCUT2D eigenvalue weighted by atomic mass is 79.9. The van der Waals surface area contributed by atoms with E-state index in [0.717, 1.165) is 30.2 Å². The number of esters is 1. The van der Waals surface area contributed by atoms with Crippen molar-refractivity contribution in [3.63, 3.8) is 0 Å². The molecule has 0 radical (unpaired) electrons. The quantitative estimate of drug-likeness (QED) is 0.611. The summed E-state index contributed by atoms with van der Waals surface area (Å²) in [6.07, 6.45) is 6.97. The van der Waals surface area contributed by atoms with Gasteiger partial charge in [-0.15, -0.1) is 0 Å². The summed E-state index contributed by atoms with van der Waals surface area (Å²) in [5.74, 6) is -0.379. The molecule has 1 aromatic heterocycles. The fourth-order valence-corrected chi connectivity index (χ4v) is 2.48. The maximum absolute atomic E-state index is 11.9. The van der Waals surface area contributed by atoms with Crippen molar-refractivity contribution in [2.24, 2.45) is 0 Å². The number of hydrogen-bond donors (Lipinski definition) is 0. The summed E-state index contributed by atoms with van der Waals surface area (Å²) in [5, 5.41) is 0.189. The first kappa shape index (κ1) is 12.8. The van der Waals surface area contributed by atoms with Gasteiger partial charge in [-0.1, -0.05) is 18.0 Å².